The first-order valence-electron chi connectivity index (χ1n) is 4.86. The van der Waals surface area contributed by atoms with Crippen molar-refractivity contribution in [2.45, 2.75) is 13.3 Å². The smallest absolute Gasteiger partial charge is 0.227 e. The number of oxazole rings is 1. The molecule has 0 amide bonds. The SMILES string of the molecule is CC(=O)Cc1cnc(-c2ccccc2Cl)o1. The molecular weight excluding hydrogens is 226 g/mol. The maximum Gasteiger partial charge on any atom is 0.227 e. The number of hydrogen-bond acceptors (Lipinski definition) is 3. The first-order valence-corrected chi connectivity index (χ1v) is 5.23. The average Bonchev–Trinajstić information content (AvgIpc) is 2.66. The Kier molecular flexibility index (Phi) is 3.06. The molecule has 0 bridgehead atoms. The molecule has 4 heteroatoms. The van der Waals surface area contributed by atoms with Crippen molar-refractivity contribution in [1.82, 2.24) is 4.98 Å². The van der Waals surface area contributed by atoms with Gasteiger partial charge in [0.2, 0.25) is 5.89 Å². The number of rotatable bonds is 3. The summed E-state index contributed by atoms with van der Waals surface area (Å²) in [6.07, 6.45) is 1.82. The fourth-order valence-electron chi connectivity index (χ4n) is 1.39. The molecule has 1 heterocycles. The molecule has 0 radical (unpaired) electrons. The van der Waals surface area contributed by atoms with Gasteiger partial charge < -0.3 is 4.42 Å². The van der Waals surface area contributed by atoms with Crippen LogP contribution in [0.3, 0.4) is 0 Å². The summed E-state index contributed by atoms with van der Waals surface area (Å²) in [7, 11) is 0. The van der Waals surface area contributed by atoms with E-state index < -0.39 is 0 Å². The van der Waals surface area contributed by atoms with Gasteiger partial charge in [-0.1, -0.05) is 23.7 Å². The molecule has 0 saturated heterocycles. The van der Waals surface area contributed by atoms with Crippen LogP contribution in [0.1, 0.15) is 12.7 Å². The lowest BCUT2D eigenvalue weighted by Gasteiger charge is -1.97. The third-order valence-corrected chi connectivity index (χ3v) is 2.41. The fourth-order valence-corrected chi connectivity index (χ4v) is 1.61. The van der Waals surface area contributed by atoms with Crippen LogP contribution in [0.4, 0.5) is 0 Å². The highest BCUT2D eigenvalue weighted by Gasteiger charge is 2.10. The highest BCUT2D eigenvalue weighted by atomic mass is 35.5. The third-order valence-electron chi connectivity index (χ3n) is 2.08. The molecule has 2 aromatic rings. The van der Waals surface area contributed by atoms with Gasteiger partial charge in [-0.15, -0.1) is 0 Å². The Hall–Kier alpha value is -1.61. The Morgan fingerprint density at radius 2 is 2.19 bits per heavy atom. The van der Waals surface area contributed by atoms with Crippen LogP contribution in [0.2, 0.25) is 5.02 Å². The summed E-state index contributed by atoms with van der Waals surface area (Å²) >= 11 is 6.01. The number of carbonyl (C=O) groups excluding carboxylic acids is 1. The van der Waals surface area contributed by atoms with Crippen molar-refractivity contribution in [3.8, 4) is 11.5 Å². The molecule has 16 heavy (non-hydrogen) atoms. The fraction of sp³-hybridized carbons (Fsp3) is 0.167. The van der Waals surface area contributed by atoms with Gasteiger partial charge in [-0.25, -0.2) is 4.98 Å². The molecular formula is C12H10ClNO2. The van der Waals surface area contributed by atoms with E-state index in [1.54, 1.807) is 12.3 Å². The van der Waals surface area contributed by atoms with Crippen molar-refractivity contribution in [3.05, 3.63) is 41.2 Å². The van der Waals surface area contributed by atoms with E-state index in [9.17, 15) is 4.79 Å². The second kappa shape index (κ2) is 4.49. The lowest BCUT2D eigenvalue weighted by Crippen LogP contribution is -1.93. The van der Waals surface area contributed by atoms with Gasteiger partial charge in [0.05, 0.1) is 23.2 Å². The Balaban J connectivity index is 2.32. The van der Waals surface area contributed by atoms with Crippen molar-refractivity contribution in [2.24, 2.45) is 0 Å². The van der Waals surface area contributed by atoms with Crippen LogP contribution in [0.15, 0.2) is 34.9 Å². The zero-order valence-corrected chi connectivity index (χ0v) is 9.49. The summed E-state index contributed by atoms with van der Waals surface area (Å²) in [5.74, 6) is 1.05. The van der Waals surface area contributed by atoms with E-state index in [4.69, 9.17) is 16.0 Å². The van der Waals surface area contributed by atoms with Crippen molar-refractivity contribution in [1.29, 1.82) is 0 Å². The lowest BCUT2D eigenvalue weighted by atomic mass is 10.2. The second-order valence-electron chi connectivity index (χ2n) is 3.49. The maximum atomic E-state index is 10.9. The van der Waals surface area contributed by atoms with Crippen molar-refractivity contribution < 1.29 is 9.21 Å². The van der Waals surface area contributed by atoms with Crippen LogP contribution in [-0.4, -0.2) is 10.8 Å². The zero-order valence-electron chi connectivity index (χ0n) is 8.74. The number of benzene rings is 1. The predicted molar refractivity (Wildman–Crippen MR) is 61.3 cm³/mol. The highest BCUT2D eigenvalue weighted by molar-refractivity contribution is 6.33. The van der Waals surface area contributed by atoms with Crippen molar-refractivity contribution in [3.63, 3.8) is 0 Å². The zero-order chi connectivity index (χ0) is 11.5. The molecule has 0 fully saturated rings. The molecule has 0 aliphatic heterocycles. The van der Waals surface area contributed by atoms with E-state index in [0.717, 1.165) is 5.56 Å². The lowest BCUT2D eigenvalue weighted by molar-refractivity contribution is -0.116. The monoisotopic (exact) mass is 235 g/mol. The van der Waals surface area contributed by atoms with Gasteiger partial charge in [0.15, 0.2) is 0 Å². The van der Waals surface area contributed by atoms with Crippen LogP contribution in [-0.2, 0) is 11.2 Å². The Morgan fingerprint density at radius 1 is 1.44 bits per heavy atom. The quantitative estimate of drug-likeness (QED) is 0.821. The van der Waals surface area contributed by atoms with Gasteiger partial charge in [0.1, 0.15) is 11.5 Å². The maximum absolute atomic E-state index is 10.9. The summed E-state index contributed by atoms with van der Waals surface area (Å²) in [5.41, 5.74) is 0.735. The van der Waals surface area contributed by atoms with Crippen LogP contribution >= 0.6 is 11.6 Å². The Labute approximate surface area is 98.1 Å². The first-order chi connectivity index (χ1) is 7.66. The first kappa shape index (κ1) is 10.9. The number of ketones is 1. The Morgan fingerprint density at radius 3 is 2.88 bits per heavy atom. The van der Waals surface area contributed by atoms with E-state index >= 15 is 0 Å². The molecule has 0 aliphatic carbocycles. The molecule has 0 atom stereocenters. The minimum absolute atomic E-state index is 0.0434. The largest absolute Gasteiger partial charge is 0.441 e. The number of carbonyl (C=O) groups is 1. The van der Waals surface area contributed by atoms with Crippen LogP contribution < -0.4 is 0 Å². The van der Waals surface area contributed by atoms with Crippen molar-refractivity contribution >= 4 is 17.4 Å². The Bertz CT molecular complexity index is 519. The van der Waals surface area contributed by atoms with Crippen LogP contribution in [0.25, 0.3) is 11.5 Å². The predicted octanol–water partition coefficient (Wildman–Crippen LogP) is 3.13. The summed E-state index contributed by atoms with van der Waals surface area (Å²) in [5, 5.41) is 0.582. The number of nitrogens with zero attached hydrogens (tertiary/aromatic N) is 1. The van der Waals surface area contributed by atoms with Crippen LogP contribution in [0.5, 0.6) is 0 Å². The summed E-state index contributed by atoms with van der Waals surface area (Å²) in [6, 6.07) is 7.29. The van der Waals surface area contributed by atoms with Gasteiger partial charge in [0, 0.05) is 0 Å². The molecule has 0 unspecified atom stereocenters. The summed E-state index contributed by atoms with van der Waals surface area (Å²) in [4.78, 5) is 15.0. The van der Waals surface area contributed by atoms with Gasteiger partial charge in [-0.2, -0.15) is 0 Å². The van der Waals surface area contributed by atoms with E-state index in [2.05, 4.69) is 4.98 Å². The molecule has 2 rings (SSSR count). The molecule has 0 spiro atoms. The molecule has 1 aromatic carbocycles. The van der Waals surface area contributed by atoms with Gasteiger partial charge in [0.25, 0.3) is 0 Å². The molecule has 1 aromatic heterocycles. The number of hydrogen-bond donors (Lipinski definition) is 0. The molecule has 0 N–H and O–H groups in total. The van der Waals surface area contributed by atoms with E-state index in [0.29, 0.717) is 16.7 Å². The van der Waals surface area contributed by atoms with Gasteiger partial charge in [-0.05, 0) is 19.1 Å². The minimum Gasteiger partial charge on any atom is -0.441 e. The number of Topliss-reactive ketones (excluding diaryl/α,β-unsaturated/α-hetero) is 1. The third kappa shape index (κ3) is 2.31. The average molecular weight is 236 g/mol. The van der Waals surface area contributed by atoms with Gasteiger partial charge in [-0.3, -0.25) is 4.79 Å². The second-order valence-corrected chi connectivity index (χ2v) is 3.90. The van der Waals surface area contributed by atoms with Crippen molar-refractivity contribution in [2.75, 3.05) is 0 Å². The molecule has 0 aliphatic rings. The van der Waals surface area contributed by atoms with Gasteiger partial charge >= 0.3 is 0 Å². The number of aromatic nitrogens is 1. The van der Waals surface area contributed by atoms with Crippen LogP contribution in [0, 0.1) is 0 Å². The standard InChI is InChI=1S/C12H10ClNO2/c1-8(15)6-9-7-14-12(16-9)10-4-2-3-5-11(10)13/h2-5,7H,6H2,1H3. The topological polar surface area (TPSA) is 43.1 Å². The molecule has 82 valence electrons. The molecule has 0 saturated carbocycles. The normalized spacial score (nSPS) is 10.4. The number of halogens is 1. The van der Waals surface area contributed by atoms with E-state index in [1.807, 2.05) is 18.2 Å². The summed E-state index contributed by atoms with van der Waals surface area (Å²) < 4.78 is 5.44. The van der Waals surface area contributed by atoms with E-state index in [1.165, 1.54) is 6.92 Å². The molecule has 3 nitrogen and oxygen atoms in total. The van der Waals surface area contributed by atoms with E-state index in [-0.39, 0.29) is 12.2 Å². The minimum atomic E-state index is 0.0434. The summed E-state index contributed by atoms with van der Waals surface area (Å²) in [6.45, 7) is 1.51. The highest BCUT2D eigenvalue weighted by Crippen LogP contribution is 2.26.